The Morgan fingerprint density at radius 2 is 2.00 bits per heavy atom. The Bertz CT molecular complexity index is 357. The van der Waals surface area contributed by atoms with Crippen LogP contribution in [0.25, 0.3) is 0 Å². The van der Waals surface area contributed by atoms with Gasteiger partial charge in [0.15, 0.2) is 0 Å². The number of carboxylic acids is 1. The molecule has 0 amide bonds. The number of halogens is 1. The highest BCUT2D eigenvalue weighted by Gasteiger charge is 2.18. The molecule has 0 fully saturated rings. The van der Waals surface area contributed by atoms with Crippen molar-refractivity contribution in [3.63, 3.8) is 0 Å². The summed E-state index contributed by atoms with van der Waals surface area (Å²) in [6.45, 7) is 0. The monoisotopic (exact) mass is 272 g/mol. The number of aliphatic carboxylic acids is 1. The third-order valence-corrected chi connectivity index (χ3v) is 2.85. The molecule has 82 valence electrons. The van der Waals surface area contributed by atoms with Gasteiger partial charge in [-0.2, -0.15) is 0 Å². The fourth-order valence-electron chi connectivity index (χ4n) is 1.28. The molecule has 0 aliphatic carbocycles. The molecule has 0 saturated heterocycles. The highest BCUT2D eigenvalue weighted by atomic mass is 79.9. The van der Waals surface area contributed by atoms with Crippen LogP contribution in [0.4, 0.5) is 0 Å². The lowest BCUT2D eigenvalue weighted by molar-refractivity contribution is -0.138. The van der Waals surface area contributed by atoms with Gasteiger partial charge in [-0.15, -0.1) is 0 Å². The van der Waals surface area contributed by atoms with Gasteiger partial charge in [0, 0.05) is 10.5 Å². The zero-order chi connectivity index (χ0) is 11.4. The molecular weight excluding hydrogens is 260 g/mol. The number of benzene rings is 1. The van der Waals surface area contributed by atoms with E-state index in [-0.39, 0.29) is 12.5 Å². The molecule has 2 atom stereocenters. The number of hydrogen-bond donors (Lipinski definition) is 3. The summed E-state index contributed by atoms with van der Waals surface area (Å²) in [5, 5.41) is 8.65. The van der Waals surface area contributed by atoms with E-state index in [1.54, 1.807) is 0 Å². The van der Waals surface area contributed by atoms with Gasteiger partial charge in [0.1, 0.15) is 6.04 Å². The molecule has 0 aliphatic rings. The summed E-state index contributed by atoms with van der Waals surface area (Å²) >= 11 is 3.36. The first kappa shape index (κ1) is 12.2. The molecule has 0 radical (unpaired) electrons. The fraction of sp³-hybridized carbons (Fsp3) is 0.300. The predicted octanol–water partition coefficient (Wildman–Crippen LogP) is 1.25. The van der Waals surface area contributed by atoms with Crippen LogP contribution >= 0.6 is 15.9 Å². The van der Waals surface area contributed by atoms with Gasteiger partial charge in [-0.3, -0.25) is 4.79 Å². The molecule has 4 nitrogen and oxygen atoms in total. The maximum Gasteiger partial charge on any atom is 0.320 e. The molecule has 15 heavy (non-hydrogen) atoms. The van der Waals surface area contributed by atoms with Crippen LogP contribution in [-0.2, 0) is 4.79 Å². The topological polar surface area (TPSA) is 89.3 Å². The van der Waals surface area contributed by atoms with Crippen molar-refractivity contribution in [1.82, 2.24) is 0 Å². The lowest BCUT2D eigenvalue weighted by Gasteiger charge is -2.15. The van der Waals surface area contributed by atoms with Crippen molar-refractivity contribution in [2.75, 3.05) is 0 Å². The summed E-state index contributed by atoms with van der Waals surface area (Å²) in [5.41, 5.74) is 12.1. The van der Waals surface area contributed by atoms with E-state index in [0.717, 1.165) is 10.0 Å². The van der Waals surface area contributed by atoms with Crippen LogP contribution in [-0.4, -0.2) is 17.1 Å². The zero-order valence-electron chi connectivity index (χ0n) is 8.06. The van der Waals surface area contributed by atoms with Crippen molar-refractivity contribution in [3.8, 4) is 0 Å². The van der Waals surface area contributed by atoms with Crippen LogP contribution < -0.4 is 11.5 Å². The van der Waals surface area contributed by atoms with Crippen molar-refractivity contribution in [2.45, 2.75) is 18.5 Å². The van der Waals surface area contributed by atoms with E-state index < -0.39 is 12.0 Å². The second kappa shape index (κ2) is 5.25. The van der Waals surface area contributed by atoms with E-state index in [1.807, 2.05) is 24.3 Å². The van der Waals surface area contributed by atoms with Crippen LogP contribution in [0.3, 0.4) is 0 Å². The van der Waals surface area contributed by atoms with Gasteiger partial charge in [-0.25, -0.2) is 0 Å². The first-order chi connectivity index (χ1) is 7.02. The Balaban J connectivity index is 2.73. The van der Waals surface area contributed by atoms with E-state index >= 15 is 0 Å². The lowest BCUT2D eigenvalue weighted by atomic mass is 10.0. The van der Waals surface area contributed by atoms with E-state index in [1.165, 1.54) is 0 Å². The van der Waals surface area contributed by atoms with Crippen LogP contribution in [0, 0.1) is 0 Å². The molecule has 0 heterocycles. The maximum absolute atomic E-state index is 10.6. The maximum atomic E-state index is 10.6. The molecule has 0 aromatic heterocycles. The molecular formula is C10H13BrN2O2. The smallest absolute Gasteiger partial charge is 0.320 e. The largest absolute Gasteiger partial charge is 0.480 e. The SMILES string of the molecule is NC(CC(N)c1ccccc1Br)C(=O)O. The first-order valence-electron chi connectivity index (χ1n) is 4.50. The molecule has 5 N–H and O–H groups in total. The molecule has 0 aliphatic heterocycles. The van der Waals surface area contributed by atoms with Gasteiger partial charge in [-0.1, -0.05) is 34.1 Å². The highest BCUT2D eigenvalue weighted by Crippen LogP contribution is 2.24. The van der Waals surface area contributed by atoms with Crippen LogP contribution in [0.1, 0.15) is 18.0 Å². The number of carboxylic acid groups (broad SMARTS) is 1. The average Bonchev–Trinajstić information content (AvgIpc) is 2.18. The van der Waals surface area contributed by atoms with E-state index in [2.05, 4.69) is 15.9 Å². The van der Waals surface area contributed by atoms with E-state index in [0.29, 0.717) is 0 Å². The second-order valence-electron chi connectivity index (χ2n) is 3.31. The Morgan fingerprint density at radius 1 is 1.40 bits per heavy atom. The van der Waals surface area contributed by atoms with Gasteiger partial charge >= 0.3 is 5.97 Å². The molecule has 5 heteroatoms. The molecule has 1 aromatic rings. The van der Waals surface area contributed by atoms with Crippen molar-refractivity contribution in [2.24, 2.45) is 11.5 Å². The quantitative estimate of drug-likeness (QED) is 0.770. The standard InChI is InChI=1S/C10H13BrN2O2/c11-7-4-2-1-3-6(7)8(12)5-9(13)10(14)15/h1-4,8-9H,5,12-13H2,(H,14,15). The van der Waals surface area contributed by atoms with Gasteiger partial charge in [0.2, 0.25) is 0 Å². The van der Waals surface area contributed by atoms with Gasteiger partial charge in [-0.05, 0) is 18.1 Å². The molecule has 1 rings (SSSR count). The van der Waals surface area contributed by atoms with Crippen LogP contribution in [0.2, 0.25) is 0 Å². The summed E-state index contributed by atoms with van der Waals surface area (Å²) in [4.78, 5) is 10.6. The third-order valence-electron chi connectivity index (χ3n) is 2.13. The predicted molar refractivity (Wildman–Crippen MR) is 61.3 cm³/mol. The van der Waals surface area contributed by atoms with Gasteiger partial charge in [0.25, 0.3) is 0 Å². The van der Waals surface area contributed by atoms with Gasteiger partial charge in [0.05, 0.1) is 0 Å². The zero-order valence-corrected chi connectivity index (χ0v) is 9.65. The van der Waals surface area contributed by atoms with Crippen LogP contribution in [0.5, 0.6) is 0 Å². The Hall–Kier alpha value is -0.910. The third kappa shape index (κ3) is 3.30. The highest BCUT2D eigenvalue weighted by molar-refractivity contribution is 9.10. The van der Waals surface area contributed by atoms with Crippen molar-refractivity contribution in [3.05, 3.63) is 34.3 Å². The lowest BCUT2D eigenvalue weighted by Crippen LogP contribution is -2.33. The number of carbonyl (C=O) groups is 1. The van der Waals surface area contributed by atoms with E-state index in [9.17, 15) is 4.79 Å². The molecule has 2 unspecified atom stereocenters. The fourth-order valence-corrected chi connectivity index (χ4v) is 1.86. The Labute approximate surface area is 96.4 Å². The summed E-state index contributed by atoms with van der Waals surface area (Å²) in [6.07, 6.45) is 0.220. The number of rotatable bonds is 4. The van der Waals surface area contributed by atoms with Crippen LogP contribution in [0.15, 0.2) is 28.7 Å². The summed E-state index contributed by atoms with van der Waals surface area (Å²) < 4.78 is 0.870. The van der Waals surface area contributed by atoms with Crippen molar-refractivity contribution < 1.29 is 9.90 Å². The minimum Gasteiger partial charge on any atom is -0.480 e. The minimum atomic E-state index is -1.03. The molecule has 0 bridgehead atoms. The average molecular weight is 273 g/mol. The summed E-state index contributed by atoms with van der Waals surface area (Å²) in [7, 11) is 0. The van der Waals surface area contributed by atoms with Crippen molar-refractivity contribution in [1.29, 1.82) is 0 Å². The van der Waals surface area contributed by atoms with E-state index in [4.69, 9.17) is 16.6 Å². The summed E-state index contributed by atoms with van der Waals surface area (Å²) in [6, 6.07) is 6.15. The minimum absolute atomic E-state index is 0.220. The summed E-state index contributed by atoms with van der Waals surface area (Å²) in [5.74, 6) is -1.03. The van der Waals surface area contributed by atoms with Gasteiger partial charge < -0.3 is 16.6 Å². The van der Waals surface area contributed by atoms with Crippen molar-refractivity contribution >= 4 is 21.9 Å². The molecule has 0 saturated carbocycles. The number of hydrogen-bond acceptors (Lipinski definition) is 3. The second-order valence-corrected chi connectivity index (χ2v) is 4.16. The normalized spacial score (nSPS) is 14.6. The molecule has 1 aromatic carbocycles. The molecule has 0 spiro atoms. The number of nitrogens with two attached hydrogens (primary N) is 2. The first-order valence-corrected chi connectivity index (χ1v) is 5.30. The Kier molecular flexibility index (Phi) is 4.26. The Morgan fingerprint density at radius 3 is 2.53 bits per heavy atom.